The van der Waals surface area contributed by atoms with E-state index >= 15 is 0 Å². The second-order valence-electron chi connectivity index (χ2n) is 5.42. The first-order valence-electron chi connectivity index (χ1n) is 7.71. The zero-order valence-electron chi connectivity index (χ0n) is 13.8. The molecule has 0 unspecified atom stereocenters. The average Bonchev–Trinajstić information content (AvgIpc) is 2.66. The first kappa shape index (κ1) is 17.4. The van der Waals surface area contributed by atoms with Crippen LogP contribution in [0.2, 0.25) is 5.02 Å². The molecule has 1 N–H and O–H groups in total. The number of hydrogen-bond acceptors (Lipinski definition) is 5. The van der Waals surface area contributed by atoms with Crippen molar-refractivity contribution >= 4 is 23.8 Å². The Kier molecular flexibility index (Phi) is 5.11. The largest absolute Gasteiger partial charge is 0.279 e. The molecule has 3 aromatic rings. The Morgan fingerprint density at radius 3 is 2.54 bits per heavy atom. The Hall–Kier alpha value is -3.43. The number of nitrogens with one attached hydrogen (secondary N) is 1. The molecule has 0 aliphatic carbocycles. The van der Waals surface area contributed by atoms with Crippen LogP contribution in [-0.2, 0) is 7.05 Å². The summed E-state index contributed by atoms with van der Waals surface area (Å²) in [6, 6.07) is 18.2. The first-order chi connectivity index (χ1) is 12.6. The highest BCUT2D eigenvalue weighted by molar-refractivity contribution is 6.30. The van der Waals surface area contributed by atoms with Crippen molar-refractivity contribution in [3.05, 3.63) is 81.1 Å². The fourth-order valence-electron chi connectivity index (χ4n) is 2.32. The van der Waals surface area contributed by atoms with Gasteiger partial charge in [-0.1, -0.05) is 54.1 Å². The molecule has 0 bridgehead atoms. The SMILES string of the molecule is Cn1c(N/N=C\c2ccccc2)nc(-c2ccc(Cl)cc2)c(C#N)c1=O. The van der Waals surface area contributed by atoms with Crippen LogP contribution < -0.4 is 11.0 Å². The number of halogens is 1. The lowest BCUT2D eigenvalue weighted by Gasteiger charge is -2.10. The van der Waals surface area contributed by atoms with Crippen molar-refractivity contribution < 1.29 is 0 Å². The van der Waals surface area contributed by atoms with E-state index in [1.165, 1.54) is 11.6 Å². The second-order valence-corrected chi connectivity index (χ2v) is 5.86. The summed E-state index contributed by atoms with van der Waals surface area (Å²) < 4.78 is 1.25. The van der Waals surface area contributed by atoms with E-state index in [-0.39, 0.29) is 17.2 Å². The molecular weight excluding hydrogens is 350 g/mol. The van der Waals surface area contributed by atoms with Gasteiger partial charge in [-0.3, -0.25) is 9.36 Å². The van der Waals surface area contributed by atoms with Gasteiger partial charge in [0.2, 0.25) is 5.95 Å². The van der Waals surface area contributed by atoms with Crippen molar-refractivity contribution in [1.82, 2.24) is 9.55 Å². The van der Waals surface area contributed by atoms with Gasteiger partial charge in [-0.15, -0.1) is 0 Å². The minimum Gasteiger partial charge on any atom is -0.279 e. The molecule has 6 nitrogen and oxygen atoms in total. The van der Waals surface area contributed by atoms with Gasteiger partial charge in [0.15, 0.2) is 0 Å². The molecule has 0 spiro atoms. The van der Waals surface area contributed by atoms with Gasteiger partial charge in [-0.05, 0) is 17.7 Å². The van der Waals surface area contributed by atoms with E-state index in [9.17, 15) is 10.1 Å². The second kappa shape index (κ2) is 7.64. The summed E-state index contributed by atoms with van der Waals surface area (Å²) in [7, 11) is 1.53. The van der Waals surface area contributed by atoms with Gasteiger partial charge in [0.25, 0.3) is 5.56 Å². The van der Waals surface area contributed by atoms with Crippen molar-refractivity contribution in [2.45, 2.75) is 0 Å². The van der Waals surface area contributed by atoms with Gasteiger partial charge in [0, 0.05) is 17.6 Å². The molecule has 0 aliphatic rings. The summed E-state index contributed by atoms with van der Waals surface area (Å²) in [5, 5.41) is 14.1. The minimum absolute atomic E-state index is 0.0348. The molecular formula is C19H14ClN5O. The maximum Gasteiger partial charge on any atom is 0.273 e. The highest BCUT2D eigenvalue weighted by Gasteiger charge is 2.16. The lowest BCUT2D eigenvalue weighted by molar-refractivity contribution is 0.826. The lowest BCUT2D eigenvalue weighted by Crippen LogP contribution is -2.24. The Bertz CT molecular complexity index is 1050. The quantitative estimate of drug-likeness (QED) is 0.568. The van der Waals surface area contributed by atoms with Gasteiger partial charge >= 0.3 is 0 Å². The number of nitrogens with zero attached hydrogens (tertiary/aromatic N) is 4. The van der Waals surface area contributed by atoms with Crippen LogP contribution in [0.3, 0.4) is 0 Å². The Morgan fingerprint density at radius 1 is 1.19 bits per heavy atom. The van der Waals surface area contributed by atoms with Crippen molar-refractivity contribution in [2.75, 3.05) is 5.43 Å². The monoisotopic (exact) mass is 363 g/mol. The Labute approximate surface area is 155 Å². The summed E-state index contributed by atoms with van der Waals surface area (Å²) in [4.78, 5) is 16.9. The van der Waals surface area contributed by atoms with Crippen molar-refractivity contribution in [2.24, 2.45) is 12.1 Å². The number of benzene rings is 2. The summed E-state index contributed by atoms with van der Waals surface area (Å²) in [5.41, 5.74) is 4.08. The molecule has 0 atom stereocenters. The normalized spacial score (nSPS) is 10.7. The number of hydrazone groups is 1. The van der Waals surface area contributed by atoms with E-state index in [4.69, 9.17) is 11.6 Å². The van der Waals surface area contributed by atoms with Crippen molar-refractivity contribution in [3.8, 4) is 17.3 Å². The molecule has 1 heterocycles. The van der Waals surface area contributed by atoms with Crippen LogP contribution >= 0.6 is 11.6 Å². The van der Waals surface area contributed by atoms with Crippen LogP contribution in [0.15, 0.2) is 64.5 Å². The molecule has 0 aliphatic heterocycles. The minimum atomic E-state index is -0.454. The van der Waals surface area contributed by atoms with Gasteiger partial charge in [-0.2, -0.15) is 10.4 Å². The highest BCUT2D eigenvalue weighted by atomic mass is 35.5. The predicted molar refractivity (Wildman–Crippen MR) is 102 cm³/mol. The van der Waals surface area contributed by atoms with Crippen LogP contribution in [0, 0.1) is 11.3 Å². The van der Waals surface area contributed by atoms with Crippen LogP contribution in [0.1, 0.15) is 11.1 Å². The number of nitriles is 1. The number of aromatic nitrogens is 2. The molecule has 0 radical (unpaired) electrons. The molecule has 0 saturated heterocycles. The molecule has 0 saturated carbocycles. The molecule has 3 rings (SSSR count). The molecule has 0 fully saturated rings. The van der Waals surface area contributed by atoms with Crippen molar-refractivity contribution in [3.63, 3.8) is 0 Å². The lowest BCUT2D eigenvalue weighted by atomic mass is 10.1. The zero-order valence-corrected chi connectivity index (χ0v) is 14.6. The highest BCUT2D eigenvalue weighted by Crippen LogP contribution is 2.22. The summed E-state index contributed by atoms with van der Waals surface area (Å²) >= 11 is 5.90. The van der Waals surface area contributed by atoms with E-state index in [1.54, 1.807) is 30.5 Å². The molecule has 7 heteroatoms. The molecule has 0 amide bonds. The fraction of sp³-hybridized carbons (Fsp3) is 0.0526. The third-order valence-electron chi connectivity index (χ3n) is 3.70. The summed E-state index contributed by atoms with van der Waals surface area (Å²) in [6.07, 6.45) is 1.62. The van der Waals surface area contributed by atoms with E-state index in [2.05, 4.69) is 15.5 Å². The maximum atomic E-state index is 12.5. The molecule has 26 heavy (non-hydrogen) atoms. The van der Waals surface area contributed by atoms with Crippen LogP contribution in [0.25, 0.3) is 11.3 Å². The number of rotatable bonds is 4. The zero-order chi connectivity index (χ0) is 18.5. The Morgan fingerprint density at radius 2 is 1.88 bits per heavy atom. The van der Waals surface area contributed by atoms with Crippen LogP contribution in [-0.4, -0.2) is 15.8 Å². The Balaban J connectivity index is 2.01. The van der Waals surface area contributed by atoms with E-state index < -0.39 is 5.56 Å². The van der Waals surface area contributed by atoms with Gasteiger partial charge in [0.05, 0.1) is 11.9 Å². The van der Waals surface area contributed by atoms with Crippen LogP contribution in [0.4, 0.5) is 5.95 Å². The third-order valence-corrected chi connectivity index (χ3v) is 3.95. The van der Waals surface area contributed by atoms with Gasteiger partial charge < -0.3 is 0 Å². The summed E-state index contributed by atoms with van der Waals surface area (Å²) in [5.74, 6) is 0.228. The topological polar surface area (TPSA) is 83.1 Å². The first-order valence-corrected chi connectivity index (χ1v) is 8.09. The molecule has 128 valence electrons. The standard InChI is InChI=1S/C19H14ClN5O/c1-25-18(26)16(11-21)17(14-7-9-15(20)10-8-14)23-19(25)24-22-12-13-5-3-2-4-6-13/h2-10,12H,1H3,(H,23,24)/b22-12-. The summed E-state index contributed by atoms with van der Waals surface area (Å²) in [6.45, 7) is 0. The van der Waals surface area contributed by atoms with E-state index in [0.29, 0.717) is 10.6 Å². The van der Waals surface area contributed by atoms with Gasteiger partial charge in [-0.25, -0.2) is 10.4 Å². The van der Waals surface area contributed by atoms with Gasteiger partial charge in [0.1, 0.15) is 11.6 Å². The predicted octanol–water partition coefficient (Wildman–Crippen LogP) is 3.42. The smallest absolute Gasteiger partial charge is 0.273 e. The van der Waals surface area contributed by atoms with Crippen molar-refractivity contribution in [1.29, 1.82) is 5.26 Å². The third kappa shape index (κ3) is 3.63. The number of anilines is 1. The maximum absolute atomic E-state index is 12.5. The van der Waals surface area contributed by atoms with E-state index in [0.717, 1.165) is 5.56 Å². The molecule has 2 aromatic carbocycles. The molecule has 1 aromatic heterocycles. The van der Waals surface area contributed by atoms with E-state index in [1.807, 2.05) is 36.4 Å². The number of hydrogen-bond donors (Lipinski definition) is 1. The average molecular weight is 364 g/mol. The van der Waals surface area contributed by atoms with Crippen LogP contribution in [0.5, 0.6) is 0 Å². The fourth-order valence-corrected chi connectivity index (χ4v) is 2.45.